The van der Waals surface area contributed by atoms with Gasteiger partial charge >= 0.3 is 0 Å². The number of rotatable bonds is 5. The first-order valence-electron chi connectivity index (χ1n) is 6.62. The van der Waals surface area contributed by atoms with Crippen LogP contribution in [-0.4, -0.2) is 11.8 Å². The van der Waals surface area contributed by atoms with Gasteiger partial charge in [0.2, 0.25) is 0 Å². The van der Waals surface area contributed by atoms with Gasteiger partial charge in [-0.1, -0.05) is 28.9 Å². The van der Waals surface area contributed by atoms with E-state index in [9.17, 15) is 0 Å². The summed E-state index contributed by atoms with van der Waals surface area (Å²) in [7, 11) is 0. The van der Waals surface area contributed by atoms with E-state index in [1.165, 1.54) is 5.57 Å². The lowest BCUT2D eigenvalue weighted by Crippen LogP contribution is -1.95. The molecule has 1 heterocycles. The quantitative estimate of drug-likeness (QED) is 0.750. The van der Waals surface area contributed by atoms with E-state index < -0.39 is 0 Å². The van der Waals surface area contributed by atoms with Crippen LogP contribution in [0.3, 0.4) is 0 Å². The van der Waals surface area contributed by atoms with E-state index in [-0.39, 0.29) is 0 Å². The van der Waals surface area contributed by atoms with Gasteiger partial charge in [-0.05, 0) is 45.1 Å². The molecule has 0 radical (unpaired) electrons. The second-order valence-corrected chi connectivity index (χ2v) is 4.83. The maximum absolute atomic E-state index is 5.77. The lowest BCUT2D eigenvalue weighted by molar-refractivity contribution is 0.361. The molecule has 3 nitrogen and oxygen atoms in total. The third-order valence-corrected chi connectivity index (χ3v) is 2.72. The van der Waals surface area contributed by atoms with Crippen LogP contribution in [-0.2, 0) is 0 Å². The van der Waals surface area contributed by atoms with Crippen molar-refractivity contribution >= 4 is 12.2 Å². The van der Waals surface area contributed by atoms with Crippen molar-refractivity contribution in [2.75, 3.05) is 6.61 Å². The van der Waals surface area contributed by atoms with Gasteiger partial charge in [0.15, 0.2) is 5.76 Å². The summed E-state index contributed by atoms with van der Waals surface area (Å²) >= 11 is 0. The van der Waals surface area contributed by atoms with E-state index in [0.717, 1.165) is 22.8 Å². The maximum atomic E-state index is 5.77. The highest BCUT2D eigenvalue weighted by atomic mass is 16.5. The van der Waals surface area contributed by atoms with Crippen LogP contribution in [0, 0.1) is 6.92 Å². The molecule has 0 spiro atoms. The molecule has 0 bridgehead atoms. The highest BCUT2D eigenvalue weighted by molar-refractivity contribution is 5.70. The average molecular weight is 269 g/mol. The molecule has 1 aromatic heterocycles. The zero-order valence-corrected chi connectivity index (χ0v) is 12.1. The topological polar surface area (TPSA) is 35.3 Å². The van der Waals surface area contributed by atoms with Crippen molar-refractivity contribution in [1.82, 2.24) is 5.16 Å². The van der Waals surface area contributed by atoms with Gasteiger partial charge in [-0.3, -0.25) is 0 Å². The third-order valence-electron chi connectivity index (χ3n) is 2.72. The summed E-state index contributed by atoms with van der Waals surface area (Å²) in [5, 5.41) is 3.86. The van der Waals surface area contributed by atoms with Crippen molar-refractivity contribution in [2.45, 2.75) is 20.8 Å². The van der Waals surface area contributed by atoms with Crippen LogP contribution < -0.4 is 4.74 Å². The highest BCUT2D eigenvalue weighted by Gasteiger charge is 2.00. The molecule has 0 saturated heterocycles. The predicted molar refractivity (Wildman–Crippen MR) is 81.5 cm³/mol. The van der Waals surface area contributed by atoms with Crippen LogP contribution in [0.15, 0.2) is 46.5 Å². The monoisotopic (exact) mass is 269 g/mol. The van der Waals surface area contributed by atoms with Crippen molar-refractivity contribution in [3.8, 4) is 5.75 Å². The summed E-state index contributed by atoms with van der Waals surface area (Å²) in [5.74, 6) is 1.60. The number of aryl methyl sites for hydroxylation is 1. The molecule has 0 aliphatic heterocycles. The summed E-state index contributed by atoms with van der Waals surface area (Å²) in [6.45, 7) is 6.59. The summed E-state index contributed by atoms with van der Waals surface area (Å²) in [4.78, 5) is 0. The van der Waals surface area contributed by atoms with Gasteiger partial charge < -0.3 is 9.26 Å². The van der Waals surface area contributed by atoms with E-state index in [2.05, 4.69) is 25.1 Å². The molecule has 0 aliphatic carbocycles. The minimum absolute atomic E-state index is 0.578. The van der Waals surface area contributed by atoms with Gasteiger partial charge in [0.25, 0.3) is 0 Å². The summed E-state index contributed by atoms with van der Waals surface area (Å²) in [6.07, 6.45) is 5.92. The number of benzene rings is 1. The lowest BCUT2D eigenvalue weighted by atomic mass is 10.2. The number of para-hydroxylation sites is 1. The average Bonchev–Trinajstić information content (AvgIpc) is 2.83. The molecule has 0 fully saturated rings. The van der Waals surface area contributed by atoms with E-state index >= 15 is 0 Å². The van der Waals surface area contributed by atoms with Gasteiger partial charge in [0, 0.05) is 11.6 Å². The molecular formula is C17H19NO2. The molecule has 0 unspecified atom stereocenters. The zero-order chi connectivity index (χ0) is 14.4. The molecule has 20 heavy (non-hydrogen) atoms. The fourth-order valence-electron chi connectivity index (χ4n) is 1.68. The molecule has 0 saturated carbocycles. The largest absolute Gasteiger partial charge is 0.489 e. The Balaban J connectivity index is 2.11. The number of ether oxygens (including phenoxy) is 1. The Morgan fingerprint density at radius 3 is 2.75 bits per heavy atom. The number of aromatic nitrogens is 1. The fourth-order valence-corrected chi connectivity index (χ4v) is 1.68. The molecule has 0 N–H and O–H groups in total. The van der Waals surface area contributed by atoms with Crippen LogP contribution in [0.4, 0.5) is 0 Å². The smallest absolute Gasteiger partial charge is 0.159 e. The van der Waals surface area contributed by atoms with Crippen molar-refractivity contribution in [1.29, 1.82) is 0 Å². The minimum atomic E-state index is 0.578. The van der Waals surface area contributed by atoms with E-state index in [1.54, 1.807) is 0 Å². The second-order valence-electron chi connectivity index (χ2n) is 4.83. The molecule has 3 heteroatoms. The molecule has 0 aliphatic rings. The van der Waals surface area contributed by atoms with Gasteiger partial charge in [-0.15, -0.1) is 0 Å². The van der Waals surface area contributed by atoms with E-state index in [4.69, 9.17) is 9.26 Å². The first kappa shape index (κ1) is 14.1. The van der Waals surface area contributed by atoms with E-state index in [1.807, 2.05) is 49.4 Å². The van der Waals surface area contributed by atoms with Gasteiger partial charge in [-0.25, -0.2) is 0 Å². The Morgan fingerprint density at radius 1 is 1.25 bits per heavy atom. The number of hydrogen-bond donors (Lipinski definition) is 0. The van der Waals surface area contributed by atoms with Gasteiger partial charge in [0.05, 0.1) is 5.69 Å². The zero-order valence-electron chi connectivity index (χ0n) is 12.1. The fraction of sp³-hybridized carbons (Fsp3) is 0.235. The van der Waals surface area contributed by atoms with Crippen LogP contribution in [0.1, 0.15) is 30.9 Å². The van der Waals surface area contributed by atoms with E-state index in [0.29, 0.717) is 6.61 Å². The Hall–Kier alpha value is -2.29. The molecule has 104 valence electrons. The standard InChI is InChI=1S/C17H19NO2/c1-13(2)10-11-19-17-7-5-4-6-15(17)8-9-16-12-14(3)18-20-16/h4-10,12H,11H2,1-3H3. The molecule has 0 atom stereocenters. The second kappa shape index (κ2) is 6.75. The first-order valence-corrected chi connectivity index (χ1v) is 6.62. The van der Waals surface area contributed by atoms with Crippen LogP contribution in [0.2, 0.25) is 0 Å². The molecular weight excluding hydrogens is 250 g/mol. The lowest BCUT2D eigenvalue weighted by Gasteiger charge is -2.07. The van der Waals surface area contributed by atoms with Crippen molar-refractivity contribution in [3.05, 3.63) is 59.0 Å². The molecule has 2 aromatic rings. The number of hydrogen-bond acceptors (Lipinski definition) is 3. The predicted octanol–water partition coefficient (Wildman–Crippen LogP) is 4.50. The van der Waals surface area contributed by atoms with Gasteiger partial charge in [-0.2, -0.15) is 0 Å². The molecule has 0 amide bonds. The third kappa shape index (κ3) is 4.12. The van der Waals surface area contributed by atoms with Crippen molar-refractivity contribution < 1.29 is 9.26 Å². The Bertz CT molecular complexity index is 619. The van der Waals surface area contributed by atoms with Crippen LogP contribution in [0.5, 0.6) is 5.75 Å². The van der Waals surface area contributed by atoms with Gasteiger partial charge in [0.1, 0.15) is 12.4 Å². The number of allylic oxidation sites excluding steroid dienone is 1. The normalized spacial score (nSPS) is 10.8. The van der Waals surface area contributed by atoms with Crippen LogP contribution >= 0.6 is 0 Å². The van der Waals surface area contributed by atoms with Crippen molar-refractivity contribution in [3.63, 3.8) is 0 Å². The first-order chi connectivity index (χ1) is 9.65. The van der Waals surface area contributed by atoms with Crippen molar-refractivity contribution in [2.24, 2.45) is 0 Å². The summed E-state index contributed by atoms with van der Waals surface area (Å²) < 4.78 is 10.9. The maximum Gasteiger partial charge on any atom is 0.159 e. The summed E-state index contributed by atoms with van der Waals surface area (Å²) in [6, 6.07) is 9.82. The summed E-state index contributed by atoms with van der Waals surface area (Å²) in [5.41, 5.74) is 3.14. The Kier molecular flexibility index (Phi) is 4.77. The minimum Gasteiger partial charge on any atom is -0.489 e. The highest BCUT2D eigenvalue weighted by Crippen LogP contribution is 2.21. The SMILES string of the molecule is CC(C)=CCOc1ccccc1C=Cc1cc(C)no1. The Labute approximate surface area is 119 Å². The molecule has 2 rings (SSSR count). The van der Waals surface area contributed by atoms with Crippen LogP contribution in [0.25, 0.3) is 12.2 Å². The Morgan fingerprint density at radius 2 is 2.05 bits per heavy atom. The number of nitrogens with zero attached hydrogens (tertiary/aromatic N) is 1. The molecule has 1 aromatic carbocycles.